The van der Waals surface area contributed by atoms with Crippen LogP contribution in [-0.2, 0) is 0 Å². The minimum absolute atomic E-state index is 0.0248. The van der Waals surface area contributed by atoms with Crippen molar-refractivity contribution in [2.24, 2.45) is 16.6 Å². The maximum atomic E-state index is 10.6. The first-order chi connectivity index (χ1) is 11.5. The number of phenolic OH excluding ortho intramolecular Hbond substituents is 1. The molecule has 2 rings (SSSR count). The molecule has 5 nitrogen and oxygen atoms in total. The van der Waals surface area contributed by atoms with Crippen LogP contribution < -0.4 is 16.6 Å². The summed E-state index contributed by atoms with van der Waals surface area (Å²) in [4.78, 5) is 10.6. The summed E-state index contributed by atoms with van der Waals surface area (Å²) < 4.78 is 0. The molecular formula is C16H30ClN3O2S2. The molecule has 7 N–H and O–H groups in total. The molecule has 0 saturated carbocycles. The van der Waals surface area contributed by atoms with Crippen LogP contribution in [0.2, 0.25) is 5.02 Å². The number of rotatable bonds is 1. The van der Waals surface area contributed by atoms with E-state index in [2.05, 4.69) is 30.5 Å². The third-order valence-corrected chi connectivity index (χ3v) is 2.70. The van der Waals surface area contributed by atoms with Crippen LogP contribution in [0.4, 0.5) is 0 Å². The monoisotopic (exact) mass is 395 g/mol. The van der Waals surface area contributed by atoms with E-state index in [4.69, 9.17) is 27.6 Å². The van der Waals surface area contributed by atoms with E-state index in [0.29, 0.717) is 0 Å². The lowest BCUT2D eigenvalue weighted by Crippen LogP contribution is -2.11. The molecule has 0 radical (unpaired) electrons. The van der Waals surface area contributed by atoms with Crippen LogP contribution in [0.15, 0.2) is 30.4 Å². The highest BCUT2D eigenvalue weighted by molar-refractivity contribution is 7.96. The lowest BCUT2D eigenvalue weighted by molar-refractivity contribution is 0.1000. The number of primary amides is 1. The molecule has 0 fully saturated rings. The Hall–Kier alpha value is -0.860. The average molecular weight is 396 g/mol. The van der Waals surface area contributed by atoms with Crippen molar-refractivity contribution < 1.29 is 9.90 Å². The standard InChI is InChI=1S/C7H6ClNO2.C6H10.CH5NS.CH5N.CH4S/c8-6-2-1-4(10)3-5(6)7(9)11;1-2-4-6-5-3-1;1-3-2;2*1-2/h1-3,10H,(H2,9,11);1-2H,3-6H2;2H2,1H3;2H2,1H3;2H,1H3. The highest BCUT2D eigenvalue weighted by atomic mass is 35.5. The second-order valence-electron chi connectivity index (χ2n) is 4.02. The molecule has 140 valence electrons. The molecule has 0 heterocycles. The molecule has 1 amide bonds. The average Bonchev–Trinajstić information content (AvgIpc) is 2.63. The topological polar surface area (TPSA) is 115 Å². The second-order valence-corrected chi connectivity index (χ2v) is 4.90. The largest absolute Gasteiger partial charge is 0.508 e. The van der Waals surface area contributed by atoms with Gasteiger partial charge in [0.1, 0.15) is 5.75 Å². The molecule has 0 aliphatic heterocycles. The molecule has 0 atom stereocenters. The first kappa shape index (κ1) is 28.0. The molecule has 24 heavy (non-hydrogen) atoms. The third kappa shape index (κ3) is 17.5. The fraction of sp³-hybridized carbons (Fsp3) is 0.438. The fourth-order valence-corrected chi connectivity index (χ4v) is 1.67. The molecule has 0 saturated heterocycles. The van der Waals surface area contributed by atoms with Gasteiger partial charge in [0.2, 0.25) is 5.91 Å². The van der Waals surface area contributed by atoms with E-state index < -0.39 is 5.91 Å². The Morgan fingerprint density at radius 1 is 1.21 bits per heavy atom. The van der Waals surface area contributed by atoms with Crippen LogP contribution in [0, 0.1) is 0 Å². The first-order valence-corrected chi connectivity index (χ1v) is 9.77. The smallest absolute Gasteiger partial charge is 0.250 e. The highest BCUT2D eigenvalue weighted by Gasteiger charge is 2.05. The SMILES string of the molecule is C1=CCCCC1.CN.CS.CSN.NC(=O)c1cc(O)ccc1Cl. The summed E-state index contributed by atoms with van der Waals surface area (Å²) in [6, 6.07) is 4.02. The van der Waals surface area contributed by atoms with Crippen LogP contribution in [0.25, 0.3) is 0 Å². The lowest BCUT2D eigenvalue weighted by Gasteiger charge is -1.98. The Bertz CT molecular complexity index is 439. The van der Waals surface area contributed by atoms with E-state index in [1.165, 1.54) is 62.9 Å². The van der Waals surface area contributed by atoms with Crippen LogP contribution in [0.5, 0.6) is 5.75 Å². The number of halogens is 1. The maximum absolute atomic E-state index is 10.6. The van der Waals surface area contributed by atoms with E-state index in [9.17, 15) is 4.79 Å². The van der Waals surface area contributed by atoms with Crippen molar-refractivity contribution in [3.63, 3.8) is 0 Å². The molecule has 0 unspecified atom stereocenters. The van der Waals surface area contributed by atoms with Gasteiger partial charge in [-0.3, -0.25) is 9.93 Å². The Morgan fingerprint density at radius 2 is 1.62 bits per heavy atom. The quantitative estimate of drug-likeness (QED) is 0.283. The highest BCUT2D eigenvalue weighted by Crippen LogP contribution is 2.20. The summed E-state index contributed by atoms with van der Waals surface area (Å²) in [5, 5.41) is 13.9. The number of carbonyl (C=O) groups is 1. The van der Waals surface area contributed by atoms with Gasteiger partial charge >= 0.3 is 0 Å². The van der Waals surface area contributed by atoms with Gasteiger partial charge < -0.3 is 16.6 Å². The van der Waals surface area contributed by atoms with E-state index in [1.807, 2.05) is 6.26 Å². The first-order valence-electron chi connectivity index (χ1n) is 7.21. The number of hydrogen-bond acceptors (Lipinski definition) is 6. The summed E-state index contributed by atoms with van der Waals surface area (Å²) in [7, 11) is 1.50. The number of phenols is 1. The molecular weight excluding hydrogens is 366 g/mol. The van der Waals surface area contributed by atoms with Crippen molar-refractivity contribution in [3.05, 3.63) is 40.9 Å². The zero-order valence-corrected chi connectivity index (χ0v) is 17.0. The van der Waals surface area contributed by atoms with Crippen LogP contribution in [0.3, 0.4) is 0 Å². The summed E-state index contributed by atoms with van der Waals surface area (Å²) in [5.74, 6) is -0.672. The van der Waals surface area contributed by atoms with Gasteiger partial charge in [-0.25, -0.2) is 0 Å². The fourth-order valence-electron chi connectivity index (χ4n) is 1.46. The number of amides is 1. The predicted octanol–water partition coefficient (Wildman–Crippen LogP) is 3.61. The summed E-state index contributed by atoms with van der Waals surface area (Å²) >= 11 is 10.4. The summed E-state index contributed by atoms with van der Waals surface area (Å²) in [6.45, 7) is 0. The van der Waals surface area contributed by atoms with Gasteiger partial charge in [0.25, 0.3) is 0 Å². The Kier molecular flexibility index (Phi) is 25.8. The van der Waals surface area contributed by atoms with Crippen LogP contribution >= 0.6 is 36.2 Å². The van der Waals surface area contributed by atoms with Crippen molar-refractivity contribution in [3.8, 4) is 5.75 Å². The third-order valence-electron chi connectivity index (χ3n) is 2.37. The second kappa shape index (κ2) is 22.1. The van der Waals surface area contributed by atoms with E-state index in [1.54, 1.807) is 6.26 Å². The molecule has 8 heteroatoms. The molecule has 1 aliphatic carbocycles. The van der Waals surface area contributed by atoms with E-state index >= 15 is 0 Å². The lowest BCUT2D eigenvalue weighted by atomic mass is 10.1. The zero-order valence-electron chi connectivity index (χ0n) is 14.5. The zero-order chi connectivity index (χ0) is 19.4. The number of hydrogen-bond donors (Lipinski definition) is 5. The maximum Gasteiger partial charge on any atom is 0.250 e. The summed E-state index contributed by atoms with van der Waals surface area (Å²) in [6.07, 6.45) is 13.5. The van der Waals surface area contributed by atoms with Crippen molar-refractivity contribution >= 4 is 42.1 Å². The molecule has 0 aromatic heterocycles. The predicted molar refractivity (Wildman–Crippen MR) is 112 cm³/mol. The van der Waals surface area contributed by atoms with Crippen LogP contribution in [0.1, 0.15) is 36.0 Å². The van der Waals surface area contributed by atoms with Gasteiger partial charge in [0.15, 0.2) is 0 Å². The van der Waals surface area contributed by atoms with Gasteiger partial charge in [-0.05, 0) is 63.4 Å². The number of nitrogens with two attached hydrogens (primary N) is 3. The van der Waals surface area contributed by atoms with Crippen molar-refractivity contribution in [1.82, 2.24) is 0 Å². The molecule has 0 spiro atoms. The molecule has 0 bridgehead atoms. The van der Waals surface area contributed by atoms with Gasteiger partial charge in [-0.15, -0.1) is 0 Å². The van der Waals surface area contributed by atoms with Gasteiger partial charge in [-0.2, -0.15) is 12.6 Å². The number of benzene rings is 1. The number of aromatic hydroxyl groups is 1. The van der Waals surface area contributed by atoms with Gasteiger partial charge in [0.05, 0.1) is 10.6 Å². The minimum atomic E-state index is -0.647. The number of allylic oxidation sites excluding steroid dienone is 2. The van der Waals surface area contributed by atoms with E-state index in [-0.39, 0.29) is 16.3 Å². The Labute approximate surface area is 160 Å². The minimum Gasteiger partial charge on any atom is -0.508 e. The van der Waals surface area contributed by atoms with Crippen molar-refractivity contribution in [2.75, 3.05) is 19.6 Å². The van der Waals surface area contributed by atoms with Gasteiger partial charge in [0, 0.05) is 0 Å². The summed E-state index contributed by atoms with van der Waals surface area (Å²) in [5.41, 5.74) is 9.58. The number of thiol groups is 1. The Balaban J connectivity index is -0.000000287. The normalized spacial score (nSPS) is 11.0. The van der Waals surface area contributed by atoms with Gasteiger partial charge in [-0.1, -0.05) is 35.7 Å². The number of carbonyl (C=O) groups excluding carboxylic acids is 1. The Morgan fingerprint density at radius 3 is 1.88 bits per heavy atom. The van der Waals surface area contributed by atoms with Crippen LogP contribution in [-0.4, -0.2) is 30.6 Å². The van der Waals surface area contributed by atoms with Crippen molar-refractivity contribution in [2.45, 2.75) is 25.7 Å². The molecule has 1 aromatic rings. The van der Waals surface area contributed by atoms with Crippen molar-refractivity contribution in [1.29, 1.82) is 0 Å². The van der Waals surface area contributed by atoms with E-state index in [0.717, 1.165) is 0 Å². The molecule has 1 aliphatic rings. The molecule has 1 aromatic carbocycles.